The van der Waals surface area contributed by atoms with Crippen LogP contribution in [0.4, 0.5) is 11.4 Å². The van der Waals surface area contributed by atoms with Crippen LogP contribution in [0.3, 0.4) is 0 Å². The number of rotatable bonds is 7. The van der Waals surface area contributed by atoms with Gasteiger partial charge in [0.25, 0.3) is 5.69 Å². The highest BCUT2D eigenvalue weighted by molar-refractivity contribution is 7.90. The summed E-state index contributed by atoms with van der Waals surface area (Å²) in [5.74, 6) is 0.806. The SMILES string of the molecule is CCNC(=NCCNc1ccc(S(C)(=O)=O)cc1[N+](=O)[O-])N1CCc2ccccc2C1. The molecular weight excluding hydrogens is 418 g/mol. The number of nitrogens with zero attached hydrogens (tertiary/aromatic N) is 3. The lowest BCUT2D eigenvalue weighted by Crippen LogP contribution is -2.44. The third-order valence-corrected chi connectivity index (χ3v) is 6.16. The number of fused-ring (bicyclic) bond motifs is 1. The summed E-state index contributed by atoms with van der Waals surface area (Å²) in [5.41, 5.74) is 2.65. The molecule has 2 aromatic rings. The Hall–Kier alpha value is -3.14. The first-order chi connectivity index (χ1) is 14.8. The zero-order chi connectivity index (χ0) is 22.4. The molecule has 0 saturated heterocycles. The van der Waals surface area contributed by atoms with Crippen molar-refractivity contribution < 1.29 is 13.3 Å². The van der Waals surface area contributed by atoms with Gasteiger partial charge in [0.05, 0.1) is 16.4 Å². The maximum atomic E-state index is 11.7. The van der Waals surface area contributed by atoms with E-state index < -0.39 is 14.8 Å². The molecule has 2 aromatic carbocycles. The highest BCUT2D eigenvalue weighted by atomic mass is 32.2. The summed E-state index contributed by atoms with van der Waals surface area (Å²) in [6.45, 7) is 5.19. The smallest absolute Gasteiger partial charge is 0.293 e. The molecular formula is C21H27N5O4S. The van der Waals surface area contributed by atoms with Gasteiger partial charge in [-0.15, -0.1) is 0 Å². The van der Waals surface area contributed by atoms with Gasteiger partial charge in [0.15, 0.2) is 15.8 Å². The lowest BCUT2D eigenvalue weighted by Gasteiger charge is -2.31. The van der Waals surface area contributed by atoms with E-state index in [0.717, 1.165) is 44.3 Å². The minimum atomic E-state index is -3.52. The predicted octanol–water partition coefficient (Wildman–Crippen LogP) is 2.43. The van der Waals surface area contributed by atoms with Crippen molar-refractivity contribution in [1.29, 1.82) is 0 Å². The van der Waals surface area contributed by atoms with Gasteiger partial charge in [-0.1, -0.05) is 24.3 Å². The van der Waals surface area contributed by atoms with Gasteiger partial charge in [0, 0.05) is 38.5 Å². The van der Waals surface area contributed by atoms with Gasteiger partial charge in [-0.2, -0.15) is 0 Å². The van der Waals surface area contributed by atoms with Crippen molar-refractivity contribution in [2.75, 3.05) is 37.8 Å². The van der Waals surface area contributed by atoms with Crippen molar-refractivity contribution in [2.45, 2.75) is 24.8 Å². The zero-order valence-corrected chi connectivity index (χ0v) is 18.5. The van der Waals surface area contributed by atoms with Crippen molar-refractivity contribution in [2.24, 2.45) is 4.99 Å². The van der Waals surface area contributed by atoms with Crippen molar-refractivity contribution in [3.05, 3.63) is 63.7 Å². The first kappa shape index (κ1) is 22.5. The Labute approximate surface area is 182 Å². The molecule has 0 amide bonds. The zero-order valence-electron chi connectivity index (χ0n) is 17.7. The number of sulfone groups is 1. The number of nitro groups is 1. The van der Waals surface area contributed by atoms with Gasteiger partial charge in [-0.3, -0.25) is 15.1 Å². The average Bonchev–Trinajstić information content (AvgIpc) is 2.74. The summed E-state index contributed by atoms with van der Waals surface area (Å²) in [5, 5.41) is 17.7. The Morgan fingerprint density at radius 2 is 1.97 bits per heavy atom. The second-order valence-electron chi connectivity index (χ2n) is 7.31. The van der Waals surface area contributed by atoms with Gasteiger partial charge >= 0.3 is 0 Å². The molecule has 1 aliphatic heterocycles. The van der Waals surface area contributed by atoms with E-state index in [4.69, 9.17) is 0 Å². The minimum absolute atomic E-state index is 0.0809. The van der Waals surface area contributed by atoms with E-state index in [9.17, 15) is 18.5 Å². The number of guanidine groups is 1. The highest BCUT2D eigenvalue weighted by Crippen LogP contribution is 2.27. The summed E-state index contributed by atoms with van der Waals surface area (Å²) < 4.78 is 23.3. The lowest BCUT2D eigenvalue weighted by atomic mass is 10.0. The van der Waals surface area contributed by atoms with E-state index in [0.29, 0.717) is 13.1 Å². The van der Waals surface area contributed by atoms with Gasteiger partial charge in [0.2, 0.25) is 0 Å². The lowest BCUT2D eigenvalue weighted by molar-refractivity contribution is -0.384. The van der Waals surface area contributed by atoms with Crippen molar-refractivity contribution in [3.63, 3.8) is 0 Å². The van der Waals surface area contributed by atoms with Crippen LogP contribution in [-0.4, -0.2) is 56.6 Å². The first-order valence-electron chi connectivity index (χ1n) is 10.1. The van der Waals surface area contributed by atoms with Crippen LogP contribution in [0.2, 0.25) is 0 Å². The summed E-state index contributed by atoms with van der Waals surface area (Å²) in [6.07, 6.45) is 1.98. The molecule has 0 fully saturated rings. The van der Waals surface area contributed by atoms with E-state index in [-0.39, 0.29) is 16.3 Å². The van der Waals surface area contributed by atoms with E-state index in [2.05, 4.69) is 38.7 Å². The molecule has 9 nitrogen and oxygen atoms in total. The van der Waals surface area contributed by atoms with Crippen molar-refractivity contribution >= 4 is 27.2 Å². The molecule has 0 atom stereocenters. The molecule has 0 aromatic heterocycles. The van der Waals surface area contributed by atoms with Crippen LogP contribution in [0.1, 0.15) is 18.1 Å². The number of aliphatic imine (C=N–C) groups is 1. The van der Waals surface area contributed by atoms with Gasteiger partial charge in [-0.05, 0) is 36.6 Å². The standard InChI is InChI=1S/C21H27N5O4S/c1-3-22-21(25-13-10-16-6-4-5-7-17(16)15-25)24-12-11-23-19-9-8-18(31(2,29)30)14-20(19)26(27)28/h4-9,14,23H,3,10-13,15H2,1-2H3,(H,22,24). The van der Waals surface area contributed by atoms with Crippen molar-refractivity contribution in [1.82, 2.24) is 10.2 Å². The Morgan fingerprint density at radius 3 is 2.65 bits per heavy atom. The Morgan fingerprint density at radius 1 is 1.23 bits per heavy atom. The number of hydrogen-bond acceptors (Lipinski definition) is 6. The first-order valence-corrected chi connectivity index (χ1v) is 12.0. The fourth-order valence-corrected chi connectivity index (χ4v) is 4.14. The minimum Gasteiger partial charge on any atom is -0.378 e. The van der Waals surface area contributed by atoms with E-state index >= 15 is 0 Å². The van der Waals surface area contributed by atoms with Gasteiger partial charge in [0.1, 0.15) is 5.69 Å². The molecule has 3 rings (SSSR count). The molecule has 0 aliphatic carbocycles. The topological polar surface area (TPSA) is 117 Å². The number of anilines is 1. The average molecular weight is 446 g/mol. The van der Waals surface area contributed by atoms with Crippen LogP contribution >= 0.6 is 0 Å². The largest absolute Gasteiger partial charge is 0.378 e. The van der Waals surface area contributed by atoms with Gasteiger partial charge < -0.3 is 15.5 Å². The van der Waals surface area contributed by atoms with Crippen LogP contribution in [0, 0.1) is 10.1 Å². The fourth-order valence-electron chi connectivity index (χ4n) is 3.50. The van der Waals surface area contributed by atoms with Crippen LogP contribution in [0.15, 0.2) is 52.4 Å². The molecule has 2 N–H and O–H groups in total. The molecule has 10 heteroatoms. The highest BCUT2D eigenvalue weighted by Gasteiger charge is 2.20. The van der Waals surface area contributed by atoms with Crippen LogP contribution in [0.5, 0.6) is 0 Å². The quantitative estimate of drug-likeness (QED) is 0.221. The Balaban J connectivity index is 1.67. The molecule has 1 aliphatic rings. The maximum Gasteiger partial charge on any atom is 0.293 e. The van der Waals surface area contributed by atoms with Crippen LogP contribution in [-0.2, 0) is 22.8 Å². The molecule has 0 bridgehead atoms. The fraction of sp³-hybridized carbons (Fsp3) is 0.381. The monoisotopic (exact) mass is 445 g/mol. The van der Waals surface area contributed by atoms with Crippen LogP contribution < -0.4 is 10.6 Å². The molecule has 31 heavy (non-hydrogen) atoms. The maximum absolute atomic E-state index is 11.7. The van der Waals surface area contributed by atoms with Crippen LogP contribution in [0.25, 0.3) is 0 Å². The summed E-state index contributed by atoms with van der Waals surface area (Å²) in [6, 6.07) is 12.2. The van der Waals surface area contributed by atoms with E-state index in [1.807, 2.05) is 13.0 Å². The van der Waals surface area contributed by atoms with Gasteiger partial charge in [-0.25, -0.2) is 8.42 Å². The molecule has 0 saturated carbocycles. The Bertz CT molecular complexity index is 1080. The Kier molecular flexibility index (Phi) is 7.11. The molecule has 0 unspecified atom stereocenters. The second-order valence-corrected chi connectivity index (χ2v) is 9.33. The molecule has 0 radical (unpaired) electrons. The molecule has 0 spiro atoms. The summed E-state index contributed by atoms with van der Waals surface area (Å²) >= 11 is 0. The second kappa shape index (κ2) is 9.78. The summed E-state index contributed by atoms with van der Waals surface area (Å²) in [4.78, 5) is 17.6. The predicted molar refractivity (Wildman–Crippen MR) is 121 cm³/mol. The third-order valence-electron chi connectivity index (χ3n) is 5.05. The van der Waals surface area contributed by atoms with E-state index in [1.54, 1.807) is 0 Å². The number of hydrogen-bond donors (Lipinski definition) is 2. The molecule has 1 heterocycles. The third kappa shape index (κ3) is 5.72. The van der Waals surface area contributed by atoms with Crippen molar-refractivity contribution in [3.8, 4) is 0 Å². The van der Waals surface area contributed by atoms with E-state index in [1.165, 1.54) is 23.3 Å². The number of benzene rings is 2. The normalized spacial score (nSPS) is 14.1. The summed E-state index contributed by atoms with van der Waals surface area (Å²) in [7, 11) is -3.52. The number of nitrogens with one attached hydrogen (secondary N) is 2. The molecule has 166 valence electrons. The number of nitro benzene ring substituents is 1.